The van der Waals surface area contributed by atoms with E-state index in [2.05, 4.69) is 10.2 Å². The molecular weight excluding hydrogens is 360 g/mol. The van der Waals surface area contributed by atoms with Crippen LogP contribution in [0.1, 0.15) is 36.9 Å². The van der Waals surface area contributed by atoms with Crippen LogP contribution in [0, 0.1) is 6.92 Å². The Kier molecular flexibility index (Phi) is 4.44. The van der Waals surface area contributed by atoms with Crippen LogP contribution in [0.4, 0.5) is 0 Å². The van der Waals surface area contributed by atoms with Gasteiger partial charge in [-0.1, -0.05) is 30.3 Å². The third-order valence-corrected chi connectivity index (χ3v) is 4.39. The Morgan fingerprint density at radius 1 is 0.929 bits per heavy atom. The number of aromatic nitrogens is 3. The second-order valence-electron chi connectivity index (χ2n) is 6.20. The number of carbonyl (C=O) groups excluding carboxylic acids is 3. The van der Waals surface area contributed by atoms with Crippen LogP contribution in [0.2, 0.25) is 0 Å². The van der Waals surface area contributed by atoms with Gasteiger partial charge in [-0.25, -0.2) is 4.79 Å². The Balaban J connectivity index is 1.40. The quantitative estimate of drug-likeness (QED) is 0.500. The van der Waals surface area contributed by atoms with E-state index in [-0.39, 0.29) is 30.7 Å². The lowest BCUT2D eigenvalue weighted by molar-refractivity contribution is 0.0414. The van der Waals surface area contributed by atoms with Crippen molar-refractivity contribution in [3.05, 3.63) is 77.1 Å². The van der Waals surface area contributed by atoms with Crippen molar-refractivity contribution in [1.29, 1.82) is 0 Å². The highest BCUT2D eigenvalue weighted by molar-refractivity contribution is 6.21. The SMILES string of the molecule is Cc1nn(-c2ccccc2)nc1C(=O)OCCN1C(=O)c2ccccc2C1=O. The van der Waals surface area contributed by atoms with Crippen LogP contribution in [-0.2, 0) is 4.74 Å². The Morgan fingerprint density at radius 2 is 1.54 bits per heavy atom. The normalized spacial score (nSPS) is 13.0. The maximum absolute atomic E-state index is 12.3. The smallest absolute Gasteiger partial charge is 0.360 e. The first-order chi connectivity index (χ1) is 13.6. The van der Waals surface area contributed by atoms with Crippen molar-refractivity contribution < 1.29 is 19.1 Å². The van der Waals surface area contributed by atoms with E-state index < -0.39 is 5.97 Å². The number of hydrogen-bond donors (Lipinski definition) is 0. The molecule has 0 aliphatic carbocycles. The fraction of sp³-hybridized carbons (Fsp3) is 0.150. The first kappa shape index (κ1) is 17.6. The van der Waals surface area contributed by atoms with E-state index in [9.17, 15) is 14.4 Å². The summed E-state index contributed by atoms with van der Waals surface area (Å²) in [5, 5.41) is 8.40. The summed E-state index contributed by atoms with van der Waals surface area (Å²) < 4.78 is 5.21. The van der Waals surface area contributed by atoms with Gasteiger partial charge in [0.2, 0.25) is 0 Å². The molecule has 140 valence electrons. The molecule has 0 saturated heterocycles. The topological polar surface area (TPSA) is 94.4 Å². The Hall–Kier alpha value is -3.81. The number of imide groups is 1. The predicted octanol–water partition coefficient (Wildman–Crippen LogP) is 2.03. The lowest BCUT2D eigenvalue weighted by atomic mass is 10.1. The minimum atomic E-state index is -0.656. The van der Waals surface area contributed by atoms with E-state index in [1.54, 1.807) is 31.2 Å². The van der Waals surface area contributed by atoms with Gasteiger partial charge in [0.05, 0.1) is 29.1 Å². The molecule has 1 aliphatic heterocycles. The predicted molar refractivity (Wildman–Crippen MR) is 98.2 cm³/mol. The first-order valence-electron chi connectivity index (χ1n) is 8.68. The third-order valence-electron chi connectivity index (χ3n) is 4.39. The van der Waals surface area contributed by atoms with E-state index in [1.807, 2.05) is 30.3 Å². The summed E-state index contributed by atoms with van der Waals surface area (Å²) in [7, 11) is 0. The summed E-state index contributed by atoms with van der Waals surface area (Å²) in [5.74, 6) is -1.43. The molecule has 1 aliphatic rings. The van der Waals surface area contributed by atoms with Crippen molar-refractivity contribution in [2.75, 3.05) is 13.2 Å². The third kappa shape index (κ3) is 3.05. The van der Waals surface area contributed by atoms with E-state index in [0.717, 1.165) is 10.6 Å². The molecule has 0 N–H and O–H groups in total. The monoisotopic (exact) mass is 376 g/mol. The highest BCUT2D eigenvalue weighted by atomic mass is 16.5. The van der Waals surface area contributed by atoms with Crippen molar-refractivity contribution in [2.24, 2.45) is 0 Å². The van der Waals surface area contributed by atoms with Gasteiger partial charge in [0.15, 0.2) is 5.69 Å². The van der Waals surface area contributed by atoms with Crippen LogP contribution < -0.4 is 0 Å². The summed E-state index contributed by atoms with van der Waals surface area (Å²) in [6, 6.07) is 15.8. The van der Waals surface area contributed by atoms with Crippen LogP contribution in [0.15, 0.2) is 54.6 Å². The number of hydrogen-bond acceptors (Lipinski definition) is 6. The van der Waals surface area contributed by atoms with Crippen molar-refractivity contribution in [3.63, 3.8) is 0 Å². The van der Waals surface area contributed by atoms with Gasteiger partial charge in [-0.2, -0.15) is 9.90 Å². The molecular formula is C20H16N4O4. The molecule has 0 saturated carbocycles. The average molecular weight is 376 g/mol. The zero-order valence-electron chi connectivity index (χ0n) is 15.0. The van der Waals surface area contributed by atoms with Crippen molar-refractivity contribution in [1.82, 2.24) is 19.9 Å². The van der Waals surface area contributed by atoms with Gasteiger partial charge in [0, 0.05) is 0 Å². The minimum Gasteiger partial charge on any atom is -0.459 e. The molecule has 8 heteroatoms. The standard InChI is InChI=1S/C20H16N4O4/c1-13-17(22-24(21-13)14-7-3-2-4-8-14)20(27)28-12-11-23-18(25)15-9-5-6-10-16(15)19(23)26/h2-10H,11-12H2,1H3. The molecule has 3 aromatic rings. The molecule has 0 radical (unpaired) electrons. The molecule has 2 heterocycles. The molecule has 8 nitrogen and oxygen atoms in total. The van der Waals surface area contributed by atoms with Gasteiger partial charge >= 0.3 is 5.97 Å². The number of aryl methyl sites for hydroxylation is 1. The zero-order chi connectivity index (χ0) is 19.7. The lowest BCUT2D eigenvalue weighted by Gasteiger charge is -2.13. The fourth-order valence-corrected chi connectivity index (χ4v) is 2.98. The van der Waals surface area contributed by atoms with Crippen LogP contribution in [0.5, 0.6) is 0 Å². The first-order valence-corrected chi connectivity index (χ1v) is 8.68. The highest BCUT2D eigenvalue weighted by Gasteiger charge is 2.35. The van der Waals surface area contributed by atoms with E-state index in [1.165, 1.54) is 4.80 Å². The largest absolute Gasteiger partial charge is 0.459 e. The maximum Gasteiger partial charge on any atom is 0.360 e. The number of carbonyl (C=O) groups is 3. The molecule has 2 aromatic carbocycles. The lowest BCUT2D eigenvalue weighted by Crippen LogP contribution is -2.33. The second-order valence-corrected chi connectivity index (χ2v) is 6.20. The Bertz CT molecular complexity index is 1040. The van der Waals surface area contributed by atoms with Gasteiger partial charge < -0.3 is 4.74 Å². The fourth-order valence-electron chi connectivity index (χ4n) is 2.98. The molecule has 1 aromatic heterocycles. The van der Waals surface area contributed by atoms with Crippen LogP contribution in [0.25, 0.3) is 5.69 Å². The molecule has 0 unspecified atom stereocenters. The van der Waals surface area contributed by atoms with Crippen LogP contribution in [0.3, 0.4) is 0 Å². The summed E-state index contributed by atoms with van der Waals surface area (Å²) in [6.45, 7) is 1.51. The summed E-state index contributed by atoms with van der Waals surface area (Å²) in [5.41, 5.74) is 1.96. The number of ether oxygens (including phenoxy) is 1. The summed E-state index contributed by atoms with van der Waals surface area (Å²) >= 11 is 0. The van der Waals surface area contributed by atoms with E-state index in [0.29, 0.717) is 16.8 Å². The van der Waals surface area contributed by atoms with Crippen LogP contribution in [-0.4, -0.2) is 50.8 Å². The number of fused-ring (bicyclic) bond motifs is 1. The number of esters is 1. The van der Waals surface area contributed by atoms with E-state index >= 15 is 0 Å². The Labute approximate surface area is 160 Å². The molecule has 28 heavy (non-hydrogen) atoms. The summed E-state index contributed by atoms with van der Waals surface area (Å²) in [4.78, 5) is 39.4. The number of rotatable bonds is 5. The van der Waals surface area contributed by atoms with Crippen LogP contribution >= 0.6 is 0 Å². The van der Waals surface area contributed by atoms with E-state index in [4.69, 9.17) is 4.74 Å². The molecule has 0 spiro atoms. The number of nitrogens with zero attached hydrogens (tertiary/aromatic N) is 4. The van der Waals surface area contributed by atoms with Gasteiger partial charge in [0.1, 0.15) is 6.61 Å². The second kappa shape index (κ2) is 7.07. The maximum atomic E-state index is 12.3. The number of para-hydroxylation sites is 1. The van der Waals surface area contributed by atoms with Crippen molar-refractivity contribution in [2.45, 2.75) is 6.92 Å². The molecule has 0 fully saturated rings. The Morgan fingerprint density at radius 3 is 2.18 bits per heavy atom. The highest BCUT2D eigenvalue weighted by Crippen LogP contribution is 2.22. The number of amides is 2. The molecule has 0 bridgehead atoms. The average Bonchev–Trinajstić information content (AvgIpc) is 3.22. The molecule has 2 amide bonds. The van der Waals surface area contributed by atoms with Gasteiger partial charge in [-0.3, -0.25) is 14.5 Å². The zero-order valence-corrected chi connectivity index (χ0v) is 15.0. The van der Waals surface area contributed by atoms with Crippen molar-refractivity contribution in [3.8, 4) is 5.69 Å². The van der Waals surface area contributed by atoms with Crippen molar-refractivity contribution >= 4 is 17.8 Å². The van der Waals surface area contributed by atoms with Gasteiger partial charge in [0.25, 0.3) is 11.8 Å². The molecule has 4 rings (SSSR count). The minimum absolute atomic E-state index is 0.0239. The van der Waals surface area contributed by atoms with Gasteiger partial charge in [-0.05, 0) is 31.2 Å². The van der Waals surface area contributed by atoms with Gasteiger partial charge in [-0.15, -0.1) is 5.10 Å². The summed E-state index contributed by atoms with van der Waals surface area (Å²) in [6.07, 6.45) is 0. The molecule has 0 atom stereocenters. The number of benzene rings is 2.